The molecule has 1 rings (SSSR count). The van der Waals surface area contributed by atoms with Crippen LogP contribution in [-0.4, -0.2) is 24.0 Å². The summed E-state index contributed by atoms with van der Waals surface area (Å²) in [5.74, 6) is 0.720. The highest BCUT2D eigenvalue weighted by molar-refractivity contribution is 5.12. The van der Waals surface area contributed by atoms with E-state index in [0.717, 1.165) is 5.92 Å². The summed E-state index contributed by atoms with van der Waals surface area (Å²) in [5, 5.41) is 0. The van der Waals surface area contributed by atoms with Crippen LogP contribution < -0.4 is 0 Å². The average molecular weight is 197 g/mol. The van der Waals surface area contributed by atoms with Crippen molar-refractivity contribution in [3.05, 3.63) is 0 Å². The van der Waals surface area contributed by atoms with E-state index in [1.54, 1.807) is 0 Å². The van der Waals surface area contributed by atoms with Crippen molar-refractivity contribution >= 4 is 0 Å². The molecule has 0 aliphatic carbocycles. The fourth-order valence-electron chi connectivity index (χ4n) is 3.67. The van der Waals surface area contributed by atoms with Crippen LogP contribution in [-0.2, 0) is 0 Å². The summed E-state index contributed by atoms with van der Waals surface area (Å²) in [6.07, 6.45) is 0. The van der Waals surface area contributed by atoms with Gasteiger partial charge in [-0.15, -0.1) is 0 Å². The maximum Gasteiger partial charge on any atom is 0.0212 e. The van der Waals surface area contributed by atoms with E-state index in [1.807, 2.05) is 0 Å². The number of rotatable bonds is 1. The molecule has 0 radical (unpaired) electrons. The van der Waals surface area contributed by atoms with Crippen LogP contribution in [0.2, 0.25) is 0 Å². The third-order valence-electron chi connectivity index (χ3n) is 5.42. The monoisotopic (exact) mass is 197 g/mol. The lowest BCUT2D eigenvalue weighted by molar-refractivity contribution is 0.00388. The Hall–Kier alpha value is -0.0400. The van der Waals surface area contributed by atoms with Crippen LogP contribution in [0, 0.1) is 16.7 Å². The highest BCUT2D eigenvalue weighted by Gasteiger charge is 2.60. The summed E-state index contributed by atoms with van der Waals surface area (Å²) in [4.78, 5) is 2.52. The fraction of sp³-hybridized carbons (Fsp3) is 1.00. The molecule has 0 saturated carbocycles. The molecule has 84 valence electrons. The molecule has 0 aromatic carbocycles. The van der Waals surface area contributed by atoms with E-state index < -0.39 is 0 Å². The Morgan fingerprint density at radius 2 is 1.43 bits per heavy atom. The van der Waals surface area contributed by atoms with E-state index in [9.17, 15) is 0 Å². The van der Waals surface area contributed by atoms with E-state index >= 15 is 0 Å². The van der Waals surface area contributed by atoms with Crippen LogP contribution in [0.5, 0.6) is 0 Å². The third-order valence-corrected chi connectivity index (χ3v) is 5.42. The van der Waals surface area contributed by atoms with E-state index in [0.29, 0.717) is 16.4 Å². The maximum absolute atomic E-state index is 2.52. The minimum absolute atomic E-state index is 0.296. The molecule has 1 heterocycles. The normalized spacial score (nSPS) is 36.6. The van der Waals surface area contributed by atoms with Gasteiger partial charge in [-0.3, -0.25) is 0 Å². The first-order chi connectivity index (χ1) is 6.07. The predicted molar refractivity (Wildman–Crippen MR) is 63.4 cm³/mol. The van der Waals surface area contributed by atoms with Crippen LogP contribution in [0.4, 0.5) is 0 Å². The molecule has 0 bridgehead atoms. The summed E-state index contributed by atoms with van der Waals surface area (Å²) >= 11 is 0. The molecule has 0 amide bonds. The Morgan fingerprint density at radius 1 is 1.00 bits per heavy atom. The lowest BCUT2D eigenvalue weighted by Gasteiger charge is -2.50. The summed E-state index contributed by atoms with van der Waals surface area (Å²) in [6, 6.07) is 0. The zero-order chi connectivity index (χ0) is 11.4. The largest absolute Gasteiger partial charge is 0.300 e. The Bertz CT molecular complexity index is 227. The highest BCUT2D eigenvalue weighted by Crippen LogP contribution is 2.59. The third kappa shape index (κ3) is 1.18. The van der Waals surface area contributed by atoms with Crippen molar-refractivity contribution < 1.29 is 0 Å². The molecule has 1 unspecified atom stereocenters. The SMILES string of the molecule is CC(C)C1(C)C(C)(C)CN(C)C1(C)C. The molecule has 1 heteroatoms. The van der Waals surface area contributed by atoms with Crippen molar-refractivity contribution in [2.45, 2.75) is 54.0 Å². The molecular formula is C13H27N. The van der Waals surface area contributed by atoms with Gasteiger partial charge in [0.25, 0.3) is 0 Å². The summed E-state index contributed by atoms with van der Waals surface area (Å²) < 4.78 is 0. The minimum atomic E-state index is 0.296. The summed E-state index contributed by atoms with van der Waals surface area (Å²) in [6.45, 7) is 18.0. The van der Waals surface area contributed by atoms with E-state index in [-0.39, 0.29) is 0 Å². The van der Waals surface area contributed by atoms with Gasteiger partial charge in [0.2, 0.25) is 0 Å². The molecule has 0 aromatic heterocycles. The van der Waals surface area contributed by atoms with Gasteiger partial charge >= 0.3 is 0 Å². The van der Waals surface area contributed by atoms with Gasteiger partial charge in [-0.2, -0.15) is 0 Å². The zero-order valence-corrected chi connectivity index (χ0v) is 11.2. The average Bonchev–Trinajstić information content (AvgIpc) is 2.10. The van der Waals surface area contributed by atoms with Crippen LogP contribution in [0.15, 0.2) is 0 Å². The van der Waals surface area contributed by atoms with E-state index in [2.05, 4.69) is 60.4 Å². The molecule has 1 atom stereocenters. The molecule has 1 fully saturated rings. The number of likely N-dealkylation sites (tertiary alicyclic amines) is 1. The summed E-state index contributed by atoms with van der Waals surface area (Å²) in [5.41, 5.74) is 1.08. The van der Waals surface area contributed by atoms with Gasteiger partial charge < -0.3 is 4.90 Å². The Kier molecular flexibility index (Phi) is 2.56. The van der Waals surface area contributed by atoms with Gasteiger partial charge in [-0.1, -0.05) is 34.6 Å². The zero-order valence-electron chi connectivity index (χ0n) is 11.2. The van der Waals surface area contributed by atoms with Gasteiger partial charge in [0.15, 0.2) is 0 Å². The van der Waals surface area contributed by atoms with Crippen LogP contribution >= 0.6 is 0 Å². The molecule has 1 aliphatic heterocycles. The highest BCUT2D eigenvalue weighted by atomic mass is 15.2. The lowest BCUT2D eigenvalue weighted by atomic mass is 9.55. The number of nitrogens with zero attached hydrogens (tertiary/aromatic N) is 1. The van der Waals surface area contributed by atoms with Crippen molar-refractivity contribution in [3.63, 3.8) is 0 Å². The quantitative estimate of drug-likeness (QED) is 0.623. The van der Waals surface area contributed by atoms with Gasteiger partial charge in [0.05, 0.1) is 0 Å². The number of hydrogen-bond donors (Lipinski definition) is 0. The first-order valence-electron chi connectivity index (χ1n) is 5.78. The molecule has 1 saturated heterocycles. The van der Waals surface area contributed by atoms with Crippen LogP contribution in [0.25, 0.3) is 0 Å². The van der Waals surface area contributed by atoms with Crippen molar-refractivity contribution in [3.8, 4) is 0 Å². The molecule has 1 nitrogen and oxygen atoms in total. The van der Waals surface area contributed by atoms with Gasteiger partial charge in [-0.05, 0) is 37.6 Å². The first kappa shape index (κ1) is 12.0. The van der Waals surface area contributed by atoms with Crippen LogP contribution in [0.1, 0.15) is 48.5 Å². The standard InChI is InChI=1S/C13H27N/c1-10(2)13(7)11(3,4)9-14(8)12(13,5)6/h10H,9H2,1-8H3. The second-order valence-corrected chi connectivity index (χ2v) is 6.66. The smallest absolute Gasteiger partial charge is 0.0212 e. The van der Waals surface area contributed by atoms with Crippen molar-refractivity contribution in [1.82, 2.24) is 4.90 Å². The minimum Gasteiger partial charge on any atom is -0.300 e. The first-order valence-corrected chi connectivity index (χ1v) is 5.78. The Morgan fingerprint density at radius 3 is 1.57 bits per heavy atom. The fourth-order valence-corrected chi connectivity index (χ4v) is 3.67. The maximum atomic E-state index is 2.52. The molecule has 0 spiro atoms. The van der Waals surface area contributed by atoms with Crippen molar-refractivity contribution in [1.29, 1.82) is 0 Å². The molecule has 0 N–H and O–H groups in total. The Labute approximate surface area is 89.9 Å². The van der Waals surface area contributed by atoms with Gasteiger partial charge in [-0.25, -0.2) is 0 Å². The second kappa shape index (κ2) is 2.98. The van der Waals surface area contributed by atoms with E-state index in [4.69, 9.17) is 0 Å². The van der Waals surface area contributed by atoms with Crippen molar-refractivity contribution in [2.75, 3.05) is 13.6 Å². The molecular weight excluding hydrogens is 170 g/mol. The predicted octanol–water partition coefficient (Wildman–Crippen LogP) is 3.40. The topological polar surface area (TPSA) is 3.24 Å². The molecule has 0 aromatic rings. The lowest BCUT2D eigenvalue weighted by Crippen LogP contribution is -2.51. The molecule has 14 heavy (non-hydrogen) atoms. The number of hydrogen-bond acceptors (Lipinski definition) is 1. The van der Waals surface area contributed by atoms with Crippen molar-refractivity contribution in [2.24, 2.45) is 16.7 Å². The second-order valence-electron chi connectivity index (χ2n) is 6.66. The van der Waals surface area contributed by atoms with Crippen LogP contribution in [0.3, 0.4) is 0 Å². The molecule has 1 aliphatic rings. The summed E-state index contributed by atoms with van der Waals surface area (Å²) in [7, 11) is 2.26. The Balaban J connectivity index is 3.23. The van der Waals surface area contributed by atoms with Gasteiger partial charge in [0, 0.05) is 12.1 Å². The van der Waals surface area contributed by atoms with E-state index in [1.165, 1.54) is 6.54 Å². The van der Waals surface area contributed by atoms with Gasteiger partial charge in [0.1, 0.15) is 0 Å².